The van der Waals surface area contributed by atoms with Gasteiger partial charge in [-0.05, 0) is 24.6 Å². The molecule has 0 bridgehead atoms. The van der Waals surface area contributed by atoms with Gasteiger partial charge in [-0.3, -0.25) is 4.79 Å². The van der Waals surface area contributed by atoms with E-state index < -0.39 is 6.10 Å². The number of aromatic hydroxyl groups is 1. The van der Waals surface area contributed by atoms with Crippen molar-refractivity contribution in [2.45, 2.75) is 13.0 Å². The van der Waals surface area contributed by atoms with Gasteiger partial charge in [0.2, 0.25) is 5.56 Å². The van der Waals surface area contributed by atoms with Crippen molar-refractivity contribution >= 4 is 10.9 Å². The van der Waals surface area contributed by atoms with Crippen molar-refractivity contribution in [3.8, 4) is 5.75 Å². The summed E-state index contributed by atoms with van der Waals surface area (Å²) < 4.78 is 0. The maximum Gasteiger partial charge on any atom is 0.248 e. The molecule has 4 nitrogen and oxygen atoms in total. The molecule has 4 heteroatoms. The van der Waals surface area contributed by atoms with Crippen LogP contribution in [0.5, 0.6) is 5.75 Å². The zero-order valence-electron chi connectivity index (χ0n) is 8.19. The van der Waals surface area contributed by atoms with Gasteiger partial charge in [0.05, 0.1) is 11.6 Å². The summed E-state index contributed by atoms with van der Waals surface area (Å²) in [5, 5.41) is 19.7. The van der Waals surface area contributed by atoms with Crippen molar-refractivity contribution in [2.75, 3.05) is 0 Å². The summed E-state index contributed by atoms with van der Waals surface area (Å²) >= 11 is 0. The Morgan fingerprint density at radius 3 is 2.67 bits per heavy atom. The molecule has 3 N–H and O–H groups in total. The number of hydrogen-bond donors (Lipinski definition) is 3. The number of aromatic amines is 1. The van der Waals surface area contributed by atoms with E-state index in [-0.39, 0.29) is 11.3 Å². The Labute approximate surface area is 85.8 Å². The van der Waals surface area contributed by atoms with Crippen LogP contribution in [0.15, 0.2) is 29.1 Å². The molecule has 0 saturated heterocycles. The maximum absolute atomic E-state index is 11.1. The zero-order chi connectivity index (χ0) is 11.0. The Kier molecular flexibility index (Phi) is 2.21. The summed E-state index contributed by atoms with van der Waals surface area (Å²) in [6.07, 6.45) is -0.640. The van der Waals surface area contributed by atoms with Crippen LogP contribution in [0.2, 0.25) is 0 Å². The third-order valence-corrected chi connectivity index (χ3v) is 2.36. The molecule has 0 aliphatic carbocycles. The molecular weight excluding hydrogens is 194 g/mol. The second kappa shape index (κ2) is 3.40. The Hall–Kier alpha value is -1.81. The van der Waals surface area contributed by atoms with Crippen LogP contribution in [0.4, 0.5) is 0 Å². The number of aliphatic hydroxyl groups is 1. The standard InChI is InChI=1S/C11H11NO3/c1-6(13)7-2-4-9(14)11-8(7)3-5-10(15)12-11/h2-6,13-14H,1H3,(H,12,15)/t6-/m1/s1. The van der Waals surface area contributed by atoms with E-state index in [1.807, 2.05) is 0 Å². The largest absolute Gasteiger partial charge is 0.506 e. The monoisotopic (exact) mass is 205 g/mol. The van der Waals surface area contributed by atoms with E-state index in [9.17, 15) is 15.0 Å². The lowest BCUT2D eigenvalue weighted by Gasteiger charge is -2.09. The van der Waals surface area contributed by atoms with Gasteiger partial charge in [0, 0.05) is 11.5 Å². The van der Waals surface area contributed by atoms with E-state index >= 15 is 0 Å². The van der Waals surface area contributed by atoms with Gasteiger partial charge in [-0.1, -0.05) is 6.07 Å². The zero-order valence-corrected chi connectivity index (χ0v) is 8.19. The number of pyridine rings is 1. The average Bonchev–Trinajstić information content (AvgIpc) is 2.19. The summed E-state index contributed by atoms with van der Waals surface area (Å²) in [6.45, 7) is 1.64. The topological polar surface area (TPSA) is 73.3 Å². The van der Waals surface area contributed by atoms with E-state index in [1.54, 1.807) is 19.1 Å². The Balaban J connectivity index is 2.88. The lowest BCUT2D eigenvalue weighted by molar-refractivity contribution is 0.201. The summed E-state index contributed by atoms with van der Waals surface area (Å²) in [5.41, 5.74) is 0.764. The number of nitrogens with one attached hydrogen (secondary N) is 1. The molecule has 0 radical (unpaired) electrons. The van der Waals surface area contributed by atoms with Crippen molar-refractivity contribution in [1.82, 2.24) is 4.98 Å². The van der Waals surface area contributed by atoms with Gasteiger partial charge in [0.25, 0.3) is 0 Å². The number of hydrogen-bond acceptors (Lipinski definition) is 3. The maximum atomic E-state index is 11.1. The smallest absolute Gasteiger partial charge is 0.248 e. The number of phenols is 1. The van der Waals surface area contributed by atoms with Crippen LogP contribution in [0, 0.1) is 0 Å². The van der Waals surface area contributed by atoms with E-state index in [0.29, 0.717) is 16.5 Å². The molecule has 1 atom stereocenters. The molecule has 0 fully saturated rings. The number of benzene rings is 1. The third kappa shape index (κ3) is 1.59. The van der Waals surface area contributed by atoms with Crippen LogP contribution >= 0.6 is 0 Å². The highest BCUT2D eigenvalue weighted by Gasteiger charge is 2.09. The van der Waals surface area contributed by atoms with Gasteiger partial charge in [0.1, 0.15) is 5.75 Å². The van der Waals surface area contributed by atoms with Crippen LogP contribution < -0.4 is 5.56 Å². The first-order valence-corrected chi connectivity index (χ1v) is 4.62. The molecule has 0 amide bonds. The van der Waals surface area contributed by atoms with Crippen molar-refractivity contribution in [1.29, 1.82) is 0 Å². The molecule has 2 rings (SSSR count). The van der Waals surface area contributed by atoms with E-state index in [0.717, 1.165) is 0 Å². The number of fused-ring (bicyclic) bond motifs is 1. The lowest BCUT2D eigenvalue weighted by Crippen LogP contribution is -2.04. The number of aromatic nitrogens is 1. The Morgan fingerprint density at radius 2 is 2.00 bits per heavy atom. The fourth-order valence-corrected chi connectivity index (χ4v) is 1.62. The molecule has 0 spiro atoms. The predicted molar refractivity (Wildman–Crippen MR) is 56.9 cm³/mol. The number of phenolic OH excluding ortho intramolecular Hbond substituents is 1. The Bertz CT molecular complexity index is 557. The van der Waals surface area contributed by atoms with Crippen molar-refractivity contribution in [2.24, 2.45) is 0 Å². The highest BCUT2D eigenvalue weighted by Crippen LogP contribution is 2.28. The van der Waals surface area contributed by atoms with Gasteiger partial charge >= 0.3 is 0 Å². The second-order valence-corrected chi connectivity index (χ2v) is 3.46. The first kappa shape index (κ1) is 9.73. The highest BCUT2D eigenvalue weighted by atomic mass is 16.3. The summed E-state index contributed by atoms with van der Waals surface area (Å²) in [6, 6.07) is 6.06. The van der Waals surface area contributed by atoms with Crippen LogP contribution in [-0.2, 0) is 0 Å². The number of aliphatic hydroxyl groups excluding tert-OH is 1. The molecule has 1 aromatic carbocycles. The molecule has 0 saturated carbocycles. The lowest BCUT2D eigenvalue weighted by atomic mass is 10.0. The van der Waals surface area contributed by atoms with E-state index in [2.05, 4.69) is 4.98 Å². The summed E-state index contributed by atoms with van der Waals surface area (Å²) in [5.74, 6) is 0.00657. The summed E-state index contributed by atoms with van der Waals surface area (Å²) in [4.78, 5) is 13.6. The second-order valence-electron chi connectivity index (χ2n) is 3.46. The normalized spacial score (nSPS) is 12.9. The highest BCUT2D eigenvalue weighted by molar-refractivity contribution is 5.87. The molecule has 15 heavy (non-hydrogen) atoms. The Morgan fingerprint density at radius 1 is 1.27 bits per heavy atom. The molecule has 0 aliphatic heterocycles. The van der Waals surface area contributed by atoms with Gasteiger partial charge in [-0.15, -0.1) is 0 Å². The summed E-state index contributed by atoms with van der Waals surface area (Å²) in [7, 11) is 0. The molecule has 2 aromatic rings. The molecule has 0 aliphatic rings. The van der Waals surface area contributed by atoms with Gasteiger partial charge in [-0.2, -0.15) is 0 Å². The quantitative estimate of drug-likeness (QED) is 0.656. The van der Waals surface area contributed by atoms with Crippen molar-refractivity contribution in [3.05, 3.63) is 40.2 Å². The minimum absolute atomic E-state index is 0.00657. The fraction of sp³-hybridized carbons (Fsp3) is 0.182. The SMILES string of the molecule is C[C@@H](O)c1ccc(O)c2[nH]c(=O)ccc12. The van der Waals surface area contributed by atoms with Crippen molar-refractivity contribution in [3.63, 3.8) is 0 Å². The number of rotatable bonds is 1. The molecule has 78 valence electrons. The van der Waals surface area contributed by atoms with Crippen LogP contribution in [0.1, 0.15) is 18.6 Å². The molecule has 0 unspecified atom stereocenters. The van der Waals surface area contributed by atoms with Gasteiger partial charge in [0.15, 0.2) is 0 Å². The van der Waals surface area contributed by atoms with Crippen LogP contribution in [-0.4, -0.2) is 15.2 Å². The average molecular weight is 205 g/mol. The van der Waals surface area contributed by atoms with E-state index in [1.165, 1.54) is 12.1 Å². The van der Waals surface area contributed by atoms with Crippen molar-refractivity contribution < 1.29 is 10.2 Å². The molecule has 1 aromatic heterocycles. The minimum Gasteiger partial charge on any atom is -0.506 e. The van der Waals surface area contributed by atoms with Crippen LogP contribution in [0.3, 0.4) is 0 Å². The van der Waals surface area contributed by atoms with Gasteiger partial charge in [-0.25, -0.2) is 0 Å². The fourth-order valence-electron chi connectivity index (χ4n) is 1.62. The number of H-pyrrole nitrogens is 1. The first-order chi connectivity index (χ1) is 7.09. The molecule has 1 heterocycles. The minimum atomic E-state index is -0.640. The third-order valence-electron chi connectivity index (χ3n) is 2.36. The predicted octanol–water partition coefficient (Wildman–Crippen LogP) is 1.29. The van der Waals surface area contributed by atoms with E-state index in [4.69, 9.17) is 0 Å². The molecular formula is C11H11NO3. The van der Waals surface area contributed by atoms with Gasteiger partial charge < -0.3 is 15.2 Å². The first-order valence-electron chi connectivity index (χ1n) is 4.62. The van der Waals surface area contributed by atoms with Crippen LogP contribution in [0.25, 0.3) is 10.9 Å².